The summed E-state index contributed by atoms with van der Waals surface area (Å²) in [6, 6.07) is 63.9. The van der Waals surface area contributed by atoms with Gasteiger partial charge in [-0.3, -0.25) is 0 Å². The van der Waals surface area contributed by atoms with Gasteiger partial charge in [-0.05, 0) is 134 Å². The highest BCUT2D eigenvalue weighted by Gasteiger charge is 2.37. The third-order valence-corrected chi connectivity index (χ3v) is 13.5. The van der Waals surface area contributed by atoms with Gasteiger partial charge in [-0.25, -0.2) is 0 Å². The highest BCUT2D eigenvalue weighted by molar-refractivity contribution is 5.88. The molecule has 0 bridgehead atoms. The topological polar surface area (TPSA) is 15.3 Å². The molecule has 0 aliphatic heterocycles. The number of hydrogen-bond acceptors (Lipinski definition) is 2. The van der Waals surface area contributed by atoms with E-state index in [2.05, 4.69) is 262 Å². The summed E-state index contributed by atoms with van der Waals surface area (Å²) in [6.45, 7) is 7.04. The Hall–Kier alpha value is -7.68. The molecule has 7 aromatic carbocycles. The number of allylic oxidation sites excluding steroid dienone is 10. The molecule has 2 nitrogen and oxygen atoms in total. The standard InChI is InChI=1S/C64H56N2/c1-46-24-41-62-61(43-46)59-39-25-47(44-63(59)64(62,2)3)17-9-4-5-16-42-65-54-32-26-53(27-33-54)58-40-38-57(45-60(58)52-22-14-8-15-23-52)66(55-34-28-50(29-35-55)48-18-10-6-11-19-48)56-36-30-51(31-37-56)49-20-12-7-13-21-49/h4-36,38-42,44-46,56,65H,37,43H2,1-3H3/b5-4-,17-9-,42-16+. The van der Waals surface area contributed by atoms with Gasteiger partial charge in [0.15, 0.2) is 0 Å². The summed E-state index contributed by atoms with van der Waals surface area (Å²) in [5.74, 6) is 0.597. The van der Waals surface area contributed by atoms with E-state index in [1.165, 1.54) is 72.4 Å². The van der Waals surface area contributed by atoms with Gasteiger partial charge in [-0.2, -0.15) is 0 Å². The highest BCUT2D eigenvalue weighted by Crippen LogP contribution is 2.51. The van der Waals surface area contributed by atoms with Crippen LogP contribution in [0.5, 0.6) is 0 Å². The summed E-state index contributed by atoms with van der Waals surface area (Å²) in [7, 11) is 0. The fourth-order valence-corrected chi connectivity index (χ4v) is 9.95. The molecule has 322 valence electrons. The molecule has 0 heterocycles. The van der Waals surface area contributed by atoms with Crippen molar-refractivity contribution in [1.29, 1.82) is 0 Å². The molecule has 3 aliphatic rings. The van der Waals surface area contributed by atoms with Crippen molar-refractivity contribution in [1.82, 2.24) is 0 Å². The molecule has 1 N–H and O–H groups in total. The van der Waals surface area contributed by atoms with Gasteiger partial charge in [-0.15, -0.1) is 0 Å². The number of benzene rings is 7. The van der Waals surface area contributed by atoms with Crippen molar-refractivity contribution in [3.05, 3.63) is 265 Å². The average Bonchev–Trinajstić information content (AvgIpc) is 3.59. The van der Waals surface area contributed by atoms with E-state index in [-0.39, 0.29) is 11.5 Å². The first-order valence-corrected chi connectivity index (χ1v) is 23.4. The zero-order valence-corrected chi connectivity index (χ0v) is 38.1. The number of nitrogens with one attached hydrogen (secondary N) is 1. The van der Waals surface area contributed by atoms with Crippen molar-refractivity contribution in [3.63, 3.8) is 0 Å². The molecule has 0 saturated heterocycles. The van der Waals surface area contributed by atoms with Crippen molar-refractivity contribution < 1.29 is 0 Å². The van der Waals surface area contributed by atoms with E-state index in [1.807, 2.05) is 12.3 Å². The van der Waals surface area contributed by atoms with Crippen LogP contribution in [0.15, 0.2) is 242 Å². The maximum absolute atomic E-state index is 3.47. The van der Waals surface area contributed by atoms with Gasteiger partial charge in [0.1, 0.15) is 0 Å². The maximum atomic E-state index is 3.47. The fourth-order valence-electron chi connectivity index (χ4n) is 9.95. The number of hydrogen-bond donors (Lipinski definition) is 1. The van der Waals surface area contributed by atoms with Crippen LogP contribution >= 0.6 is 0 Å². The van der Waals surface area contributed by atoms with Crippen molar-refractivity contribution in [2.75, 3.05) is 10.2 Å². The average molecular weight is 853 g/mol. The quantitative estimate of drug-likeness (QED) is 0.123. The van der Waals surface area contributed by atoms with Gasteiger partial charge in [0, 0.05) is 28.7 Å². The molecule has 0 amide bonds. The largest absolute Gasteiger partial charge is 0.362 e. The normalized spacial score (nSPS) is 17.3. The van der Waals surface area contributed by atoms with Crippen LogP contribution in [0, 0.1) is 5.92 Å². The molecule has 2 heteroatoms. The Balaban J connectivity index is 0.864. The molecule has 0 spiro atoms. The molecule has 10 rings (SSSR count). The van der Waals surface area contributed by atoms with Gasteiger partial charge in [0.25, 0.3) is 0 Å². The van der Waals surface area contributed by atoms with E-state index in [1.54, 1.807) is 0 Å². The molecule has 2 atom stereocenters. The molecule has 7 aromatic rings. The predicted molar refractivity (Wildman–Crippen MR) is 284 cm³/mol. The SMILES string of the molecule is CC1C=CC2=C(C1)c1ccc(\C=C/C=C\C=C\Nc3ccc(-c4ccc(N(c5ccc(-c6ccccc6)cc5)C5C=CC(c6ccccc6)=CC5)cc4-c4ccccc4)cc3)cc1C2(C)C. The molecule has 0 saturated carbocycles. The monoisotopic (exact) mass is 852 g/mol. The number of rotatable bonds is 12. The van der Waals surface area contributed by atoms with Gasteiger partial charge in [-0.1, -0.05) is 215 Å². The molecule has 0 radical (unpaired) electrons. The molecular formula is C64H56N2. The Morgan fingerprint density at radius 3 is 1.88 bits per heavy atom. The Morgan fingerprint density at radius 2 is 1.17 bits per heavy atom. The molecule has 0 fully saturated rings. The first-order valence-electron chi connectivity index (χ1n) is 23.4. The third kappa shape index (κ3) is 8.88. The first kappa shape index (κ1) is 42.3. The van der Waals surface area contributed by atoms with Gasteiger partial charge in [0.2, 0.25) is 0 Å². The maximum Gasteiger partial charge on any atom is 0.0560 e. The van der Waals surface area contributed by atoms with E-state index < -0.39 is 0 Å². The summed E-state index contributed by atoms with van der Waals surface area (Å²) < 4.78 is 0. The first-order chi connectivity index (χ1) is 32.4. The van der Waals surface area contributed by atoms with Crippen molar-refractivity contribution in [2.24, 2.45) is 5.92 Å². The third-order valence-electron chi connectivity index (χ3n) is 13.5. The van der Waals surface area contributed by atoms with Gasteiger partial charge in [0.05, 0.1) is 6.04 Å². The second-order valence-corrected chi connectivity index (χ2v) is 18.3. The predicted octanol–water partition coefficient (Wildman–Crippen LogP) is 17.1. The number of fused-ring (bicyclic) bond motifs is 2. The molecule has 2 unspecified atom stereocenters. The summed E-state index contributed by atoms with van der Waals surface area (Å²) in [5, 5.41) is 3.47. The van der Waals surface area contributed by atoms with E-state index in [0.717, 1.165) is 29.9 Å². The minimum atomic E-state index is 0.0422. The minimum absolute atomic E-state index is 0.0422. The highest BCUT2D eigenvalue weighted by atomic mass is 15.2. The lowest BCUT2D eigenvalue weighted by atomic mass is 9.79. The molecular weight excluding hydrogens is 797 g/mol. The molecule has 3 aliphatic carbocycles. The van der Waals surface area contributed by atoms with Crippen LogP contribution in [-0.2, 0) is 5.41 Å². The lowest BCUT2D eigenvalue weighted by Gasteiger charge is -2.34. The second kappa shape index (κ2) is 18.8. The van der Waals surface area contributed by atoms with E-state index in [9.17, 15) is 0 Å². The van der Waals surface area contributed by atoms with Crippen LogP contribution in [0.1, 0.15) is 55.9 Å². The Bertz CT molecular complexity index is 3050. The number of anilines is 3. The van der Waals surface area contributed by atoms with Crippen LogP contribution in [0.25, 0.3) is 50.6 Å². The molecule has 66 heavy (non-hydrogen) atoms. The van der Waals surface area contributed by atoms with E-state index >= 15 is 0 Å². The van der Waals surface area contributed by atoms with E-state index in [0.29, 0.717) is 5.92 Å². The van der Waals surface area contributed by atoms with Crippen LogP contribution in [0.4, 0.5) is 17.1 Å². The minimum Gasteiger partial charge on any atom is -0.362 e. The van der Waals surface area contributed by atoms with Crippen LogP contribution in [0.2, 0.25) is 0 Å². The van der Waals surface area contributed by atoms with Crippen molar-refractivity contribution >= 4 is 34.3 Å². The smallest absolute Gasteiger partial charge is 0.0560 e. The zero-order chi connectivity index (χ0) is 44.9. The summed E-state index contributed by atoms with van der Waals surface area (Å²) >= 11 is 0. The lowest BCUT2D eigenvalue weighted by molar-refractivity contribution is 0.643. The van der Waals surface area contributed by atoms with Crippen molar-refractivity contribution in [3.8, 4) is 33.4 Å². The summed E-state index contributed by atoms with van der Waals surface area (Å²) in [5.41, 5.74) is 20.2. The Kier molecular flexibility index (Phi) is 12.0. The van der Waals surface area contributed by atoms with Crippen LogP contribution in [-0.4, -0.2) is 6.04 Å². The summed E-state index contributed by atoms with van der Waals surface area (Å²) in [6.07, 6.45) is 26.3. The Morgan fingerprint density at radius 1 is 0.545 bits per heavy atom. The number of nitrogens with zero attached hydrogens (tertiary/aromatic N) is 1. The van der Waals surface area contributed by atoms with Gasteiger partial charge >= 0.3 is 0 Å². The molecule has 0 aromatic heterocycles. The fraction of sp³-hybridized carbons (Fsp3) is 0.125. The zero-order valence-electron chi connectivity index (χ0n) is 38.1. The van der Waals surface area contributed by atoms with E-state index in [4.69, 9.17) is 0 Å². The summed E-state index contributed by atoms with van der Waals surface area (Å²) in [4.78, 5) is 2.50. The van der Waals surface area contributed by atoms with Crippen LogP contribution in [0.3, 0.4) is 0 Å². The van der Waals surface area contributed by atoms with Crippen LogP contribution < -0.4 is 10.2 Å². The van der Waals surface area contributed by atoms with Crippen molar-refractivity contribution in [2.45, 2.75) is 45.1 Å². The lowest BCUT2D eigenvalue weighted by Crippen LogP contribution is -2.30. The Labute approximate surface area is 391 Å². The van der Waals surface area contributed by atoms with Gasteiger partial charge < -0.3 is 10.2 Å². The second-order valence-electron chi connectivity index (χ2n) is 18.3.